The highest BCUT2D eigenvalue weighted by Gasteiger charge is 2.72. The number of benzene rings is 3. The summed E-state index contributed by atoms with van der Waals surface area (Å²) in [5.74, 6) is -1.15. The molecular weight excluding hydrogens is 563 g/mol. The zero-order valence-corrected chi connectivity index (χ0v) is 24.3. The molecule has 9 heteroatoms. The topological polar surface area (TPSA) is 84.9 Å². The number of nitrogens with one attached hydrogen (secondary N) is 1. The molecule has 1 heterocycles. The van der Waals surface area contributed by atoms with Crippen LogP contribution in [-0.4, -0.2) is 43.4 Å². The number of imide groups is 1. The van der Waals surface area contributed by atoms with Gasteiger partial charge in [0.15, 0.2) is 0 Å². The minimum atomic E-state index is -1.17. The SMILES string of the molecule is COc1ccc(OC)c(NC(=O)CCCCCN2C(=O)[C@@H]3[C@@H](C2=O)C2(Cl)c4ccccc4C3(Cl)c3ccccc32)c1. The number of anilines is 1. The molecule has 0 unspecified atom stereocenters. The summed E-state index contributed by atoms with van der Waals surface area (Å²) >= 11 is 14.9. The molecular formula is C32H30Cl2N2O5. The fourth-order valence-corrected chi connectivity index (χ4v) is 7.90. The molecule has 1 N–H and O–H groups in total. The van der Waals surface area contributed by atoms with Gasteiger partial charge in [0.05, 0.1) is 31.7 Å². The van der Waals surface area contributed by atoms with Gasteiger partial charge >= 0.3 is 0 Å². The number of halogens is 2. The summed E-state index contributed by atoms with van der Waals surface area (Å²) in [5, 5.41) is 2.87. The highest BCUT2D eigenvalue weighted by Crippen LogP contribution is 2.69. The van der Waals surface area contributed by atoms with Crippen LogP contribution in [0.1, 0.15) is 47.9 Å². The van der Waals surface area contributed by atoms with E-state index in [9.17, 15) is 14.4 Å². The molecule has 2 bridgehead atoms. The lowest BCUT2D eigenvalue weighted by Gasteiger charge is -2.54. The Balaban J connectivity index is 1.13. The van der Waals surface area contributed by atoms with Crippen molar-refractivity contribution in [2.24, 2.45) is 11.8 Å². The maximum absolute atomic E-state index is 13.9. The number of ether oxygens (including phenoxy) is 2. The lowest BCUT2D eigenvalue weighted by atomic mass is 9.54. The average Bonchev–Trinajstić information content (AvgIpc) is 3.25. The summed E-state index contributed by atoms with van der Waals surface area (Å²) in [6.45, 7) is 0.253. The number of hydrogen-bond acceptors (Lipinski definition) is 5. The van der Waals surface area contributed by atoms with Crippen LogP contribution < -0.4 is 14.8 Å². The van der Waals surface area contributed by atoms with Crippen molar-refractivity contribution < 1.29 is 23.9 Å². The van der Waals surface area contributed by atoms with Gasteiger partial charge in [-0.05, 0) is 47.2 Å². The molecule has 0 saturated carbocycles. The molecule has 4 aliphatic rings. The van der Waals surface area contributed by atoms with Crippen molar-refractivity contribution in [1.82, 2.24) is 4.90 Å². The number of nitrogens with zero attached hydrogens (tertiary/aromatic N) is 1. The highest BCUT2D eigenvalue weighted by molar-refractivity contribution is 6.36. The monoisotopic (exact) mass is 592 g/mol. The molecule has 212 valence electrons. The van der Waals surface area contributed by atoms with E-state index in [-0.39, 0.29) is 30.7 Å². The number of unbranched alkanes of at least 4 members (excludes halogenated alkanes) is 2. The second-order valence-electron chi connectivity index (χ2n) is 10.7. The number of carbonyl (C=O) groups excluding carboxylic acids is 3. The molecule has 0 radical (unpaired) electrons. The third kappa shape index (κ3) is 4.04. The number of carbonyl (C=O) groups is 3. The van der Waals surface area contributed by atoms with Crippen molar-refractivity contribution in [3.05, 3.63) is 89.0 Å². The van der Waals surface area contributed by atoms with E-state index in [1.807, 2.05) is 48.5 Å². The van der Waals surface area contributed by atoms with Gasteiger partial charge in [-0.2, -0.15) is 0 Å². The fraction of sp³-hybridized carbons (Fsp3) is 0.344. The van der Waals surface area contributed by atoms with Gasteiger partial charge in [-0.3, -0.25) is 19.3 Å². The first kappa shape index (κ1) is 27.6. The minimum Gasteiger partial charge on any atom is -0.497 e. The summed E-state index contributed by atoms with van der Waals surface area (Å²) in [6, 6.07) is 20.4. The van der Waals surface area contributed by atoms with Crippen LogP contribution in [0.5, 0.6) is 11.5 Å². The van der Waals surface area contributed by atoms with Crippen LogP contribution in [0.25, 0.3) is 0 Å². The summed E-state index contributed by atoms with van der Waals surface area (Å²) in [7, 11) is 3.09. The summed E-state index contributed by atoms with van der Waals surface area (Å²) in [5.41, 5.74) is 3.70. The van der Waals surface area contributed by atoms with E-state index < -0.39 is 21.6 Å². The van der Waals surface area contributed by atoms with Crippen LogP contribution >= 0.6 is 23.2 Å². The van der Waals surface area contributed by atoms with Crippen LogP contribution in [-0.2, 0) is 24.1 Å². The Kier molecular flexibility index (Phi) is 6.99. The molecule has 1 fully saturated rings. The van der Waals surface area contributed by atoms with E-state index in [2.05, 4.69) is 5.32 Å². The standard InChI is InChI=1S/C32H30Cl2N2O5/c1-40-19-15-16-25(41-2)24(18-19)35-26(37)14-4-3-9-17-36-29(38)27-28(30(36)39)32(34)21-11-6-5-10-20(21)31(27,33)22-12-7-8-13-23(22)32/h5-8,10-13,15-16,18,27-28H,3-4,9,14,17H2,1-2H3,(H,35,37)/t27-,28-,31?,32?/m0/s1. The maximum Gasteiger partial charge on any atom is 0.235 e. The van der Waals surface area contributed by atoms with Crippen LogP contribution in [0, 0.1) is 11.8 Å². The van der Waals surface area contributed by atoms with Crippen LogP contribution in [0.3, 0.4) is 0 Å². The van der Waals surface area contributed by atoms with Crippen LogP contribution in [0.4, 0.5) is 5.69 Å². The van der Waals surface area contributed by atoms with E-state index in [1.165, 1.54) is 12.0 Å². The average molecular weight is 594 g/mol. The Bertz CT molecular complexity index is 1440. The first-order chi connectivity index (χ1) is 19.8. The number of methoxy groups -OCH3 is 2. The lowest BCUT2D eigenvalue weighted by Crippen LogP contribution is -2.57. The number of hydrogen-bond donors (Lipinski definition) is 1. The Morgan fingerprint density at radius 2 is 1.34 bits per heavy atom. The van der Waals surface area contributed by atoms with Crippen molar-refractivity contribution in [1.29, 1.82) is 0 Å². The largest absolute Gasteiger partial charge is 0.497 e. The summed E-state index contributed by atoms with van der Waals surface area (Å²) in [6.07, 6.45) is 2.11. The van der Waals surface area contributed by atoms with E-state index in [1.54, 1.807) is 25.3 Å². The van der Waals surface area contributed by atoms with Crippen molar-refractivity contribution in [3.8, 4) is 11.5 Å². The van der Waals surface area contributed by atoms with Gasteiger partial charge in [0.1, 0.15) is 21.2 Å². The summed E-state index contributed by atoms with van der Waals surface area (Å²) in [4.78, 5) is 39.3. The van der Waals surface area contributed by atoms with Gasteiger partial charge < -0.3 is 14.8 Å². The molecule has 41 heavy (non-hydrogen) atoms. The molecule has 0 aromatic heterocycles. The molecule has 1 saturated heterocycles. The molecule has 1 aliphatic heterocycles. The predicted octanol–water partition coefficient (Wildman–Crippen LogP) is 5.80. The highest BCUT2D eigenvalue weighted by atomic mass is 35.5. The first-order valence-electron chi connectivity index (χ1n) is 13.7. The Morgan fingerprint density at radius 3 is 1.83 bits per heavy atom. The van der Waals surface area contributed by atoms with E-state index in [0.717, 1.165) is 22.3 Å². The number of likely N-dealkylation sites (tertiary alicyclic amines) is 1. The van der Waals surface area contributed by atoms with Gasteiger partial charge in [-0.25, -0.2) is 0 Å². The Morgan fingerprint density at radius 1 is 0.805 bits per heavy atom. The van der Waals surface area contributed by atoms with E-state index in [0.29, 0.717) is 36.4 Å². The molecule has 3 amide bonds. The molecule has 3 aliphatic carbocycles. The van der Waals surface area contributed by atoms with Crippen molar-refractivity contribution >= 4 is 46.6 Å². The second kappa shape index (κ2) is 10.4. The van der Waals surface area contributed by atoms with E-state index in [4.69, 9.17) is 32.7 Å². The van der Waals surface area contributed by atoms with Gasteiger partial charge in [0, 0.05) is 19.0 Å². The normalized spacial score (nSPS) is 25.4. The first-order valence-corrected chi connectivity index (χ1v) is 14.5. The van der Waals surface area contributed by atoms with E-state index >= 15 is 0 Å². The zero-order valence-electron chi connectivity index (χ0n) is 22.8. The second-order valence-corrected chi connectivity index (χ2v) is 11.9. The van der Waals surface area contributed by atoms with Crippen LogP contribution in [0.15, 0.2) is 66.7 Å². The quantitative estimate of drug-likeness (QED) is 0.193. The minimum absolute atomic E-state index is 0.156. The van der Waals surface area contributed by atoms with Gasteiger partial charge in [0.2, 0.25) is 17.7 Å². The smallest absolute Gasteiger partial charge is 0.235 e. The summed E-state index contributed by atoms with van der Waals surface area (Å²) < 4.78 is 10.6. The molecule has 0 spiro atoms. The lowest BCUT2D eigenvalue weighted by molar-refractivity contribution is -0.140. The Labute approximate surface area is 248 Å². The maximum atomic E-state index is 13.9. The molecule has 2 atom stereocenters. The van der Waals surface area contributed by atoms with Crippen molar-refractivity contribution in [3.63, 3.8) is 0 Å². The molecule has 3 aromatic rings. The molecule has 7 nitrogen and oxygen atoms in total. The van der Waals surface area contributed by atoms with Gasteiger partial charge in [0.25, 0.3) is 0 Å². The van der Waals surface area contributed by atoms with Gasteiger partial charge in [-0.15, -0.1) is 23.2 Å². The van der Waals surface area contributed by atoms with Gasteiger partial charge in [-0.1, -0.05) is 55.0 Å². The molecule has 7 rings (SSSR count). The number of amides is 3. The van der Waals surface area contributed by atoms with Crippen molar-refractivity contribution in [2.75, 3.05) is 26.1 Å². The molecule has 3 aromatic carbocycles. The number of rotatable bonds is 9. The third-order valence-corrected chi connectivity index (χ3v) is 9.93. The van der Waals surface area contributed by atoms with Crippen LogP contribution in [0.2, 0.25) is 0 Å². The predicted molar refractivity (Wildman–Crippen MR) is 156 cm³/mol. The fourth-order valence-electron chi connectivity index (χ4n) is 6.80. The Hall–Kier alpha value is -3.55. The zero-order chi connectivity index (χ0) is 28.9. The van der Waals surface area contributed by atoms with Crippen molar-refractivity contribution in [2.45, 2.75) is 35.4 Å². The number of alkyl halides is 2. The third-order valence-electron chi connectivity index (χ3n) is 8.64.